The molecule has 0 aliphatic carbocycles. The molecular weight excluding hydrogens is 465 g/mol. The van der Waals surface area contributed by atoms with Crippen molar-refractivity contribution in [2.45, 2.75) is 39.3 Å². The Morgan fingerprint density at radius 3 is 2.52 bits per heavy atom. The van der Waals surface area contributed by atoms with Gasteiger partial charge in [0.15, 0.2) is 0 Å². The largest absolute Gasteiger partial charge is 0.507 e. The molecule has 1 aliphatic heterocycles. The predicted molar refractivity (Wildman–Crippen MR) is 129 cm³/mol. The van der Waals surface area contributed by atoms with Crippen molar-refractivity contribution in [2.75, 3.05) is 20.3 Å². The Balaban J connectivity index is 2.16. The van der Waals surface area contributed by atoms with Gasteiger partial charge in [0.1, 0.15) is 11.5 Å². The molecule has 0 saturated carbocycles. The number of Topliss-reactive ketones (excluding diaryl/α,β-unsaturated/α-hetero) is 1. The number of rotatable bonds is 8. The van der Waals surface area contributed by atoms with Gasteiger partial charge in [-0.15, -0.1) is 0 Å². The minimum absolute atomic E-state index is 0.0317. The van der Waals surface area contributed by atoms with E-state index in [1.807, 2.05) is 45.0 Å². The van der Waals surface area contributed by atoms with Crippen LogP contribution in [-0.4, -0.2) is 48.1 Å². The van der Waals surface area contributed by atoms with E-state index >= 15 is 0 Å². The fourth-order valence-corrected chi connectivity index (χ4v) is 4.54. The summed E-state index contributed by atoms with van der Waals surface area (Å²) < 4.78 is 11.0. The number of ether oxygens (including phenoxy) is 2. The molecule has 1 heterocycles. The normalized spacial score (nSPS) is 17.8. The predicted octanol–water partition coefficient (Wildman–Crippen LogP) is 5.55. The minimum Gasteiger partial charge on any atom is -0.507 e. The average Bonchev–Trinajstić information content (AvgIpc) is 3.00. The van der Waals surface area contributed by atoms with Crippen molar-refractivity contribution in [1.29, 1.82) is 0 Å². The maximum Gasteiger partial charge on any atom is 0.295 e. The molecule has 1 unspecified atom stereocenters. The van der Waals surface area contributed by atoms with Gasteiger partial charge in [-0.2, -0.15) is 0 Å². The number of hydrogen-bond acceptors (Lipinski definition) is 5. The molecule has 2 aromatic rings. The second-order valence-corrected chi connectivity index (χ2v) is 8.93. The maximum absolute atomic E-state index is 13.2. The number of benzene rings is 2. The molecule has 6 nitrogen and oxygen atoms in total. The number of methoxy groups -OCH3 is 1. The molecule has 0 spiro atoms. The zero-order valence-corrected chi connectivity index (χ0v) is 20.5. The number of nitrogens with zero attached hydrogens (tertiary/aromatic N) is 1. The van der Waals surface area contributed by atoms with Gasteiger partial charge in [0.05, 0.1) is 35.4 Å². The summed E-state index contributed by atoms with van der Waals surface area (Å²) >= 11 is 12.4. The van der Waals surface area contributed by atoms with Crippen LogP contribution in [0.25, 0.3) is 5.76 Å². The summed E-state index contributed by atoms with van der Waals surface area (Å²) in [6.07, 6.45) is 0.604. The molecule has 8 heteroatoms. The van der Waals surface area contributed by atoms with E-state index < -0.39 is 17.7 Å². The van der Waals surface area contributed by atoms with E-state index in [2.05, 4.69) is 0 Å². The van der Waals surface area contributed by atoms with Crippen LogP contribution in [0.1, 0.15) is 43.0 Å². The Hall–Kier alpha value is -2.54. The van der Waals surface area contributed by atoms with Crippen LogP contribution in [0.2, 0.25) is 10.0 Å². The number of halogens is 2. The lowest BCUT2D eigenvalue weighted by Gasteiger charge is -2.27. The topological polar surface area (TPSA) is 76.1 Å². The van der Waals surface area contributed by atoms with Crippen molar-refractivity contribution in [3.05, 3.63) is 68.7 Å². The second-order valence-electron chi connectivity index (χ2n) is 8.09. The Kier molecular flexibility index (Phi) is 8.05. The summed E-state index contributed by atoms with van der Waals surface area (Å²) in [4.78, 5) is 27.7. The van der Waals surface area contributed by atoms with Crippen LogP contribution < -0.4 is 4.74 Å². The van der Waals surface area contributed by atoms with Gasteiger partial charge >= 0.3 is 0 Å². The van der Waals surface area contributed by atoms with E-state index in [9.17, 15) is 14.7 Å². The first-order valence-corrected chi connectivity index (χ1v) is 11.4. The monoisotopic (exact) mass is 491 g/mol. The van der Waals surface area contributed by atoms with Crippen molar-refractivity contribution >= 4 is 40.7 Å². The number of aliphatic hydroxyl groups excluding tert-OH is 1. The zero-order valence-electron chi connectivity index (χ0n) is 19.0. The molecule has 2 aromatic carbocycles. The third-order valence-corrected chi connectivity index (χ3v) is 5.98. The smallest absolute Gasteiger partial charge is 0.295 e. The van der Waals surface area contributed by atoms with Crippen LogP contribution in [0.15, 0.2) is 42.0 Å². The van der Waals surface area contributed by atoms with E-state index in [1.54, 1.807) is 0 Å². The lowest BCUT2D eigenvalue weighted by atomic mass is 9.92. The van der Waals surface area contributed by atoms with Gasteiger partial charge in [0.2, 0.25) is 0 Å². The highest BCUT2D eigenvalue weighted by atomic mass is 35.5. The first-order valence-electron chi connectivity index (χ1n) is 10.7. The van der Waals surface area contributed by atoms with Gasteiger partial charge in [0.25, 0.3) is 11.7 Å². The van der Waals surface area contributed by atoms with Gasteiger partial charge in [-0.3, -0.25) is 9.59 Å². The molecule has 0 aromatic heterocycles. The van der Waals surface area contributed by atoms with Crippen molar-refractivity contribution < 1.29 is 24.2 Å². The Morgan fingerprint density at radius 2 is 1.88 bits per heavy atom. The molecule has 176 valence electrons. The number of amides is 1. The van der Waals surface area contributed by atoms with Gasteiger partial charge in [-0.25, -0.2) is 0 Å². The molecule has 1 atom stereocenters. The van der Waals surface area contributed by atoms with Crippen molar-refractivity contribution in [1.82, 2.24) is 4.90 Å². The van der Waals surface area contributed by atoms with Crippen molar-refractivity contribution in [3.8, 4) is 5.75 Å². The highest BCUT2D eigenvalue weighted by Gasteiger charge is 2.46. The molecule has 33 heavy (non-hydrogen) atoms. The van der Waals surface area contributed by atoms with E-state index in [0.29, 0.717) is 19.6 Å². The van der Waals surface area contributed by atoms with E-state index in [-0.39, 0.29) is 38.8 Å². The number of ketones is 1. The molecule has 3 rings (SSSR count). The van der Waals surface area contributed by atoms with Gasteiger partial charge in [-0.05, 0) is 50.5 Å². The maximum atomic E-state index is 13.2. The van der Waals surface area contributed by atoms with Gasteiger partial charge in [0, 0.05) is 18.2 Å². The quantitative estimate of drug-likeness (QED) is 0.227. The summed E-state index contributed by atoms with van der Waals surface area (Å²) in [6, 6.07) is 9.62. The summed E-state index contributed by atoms with van der Waals surface area (Å²) in [5.74, 6) is -1.67. The number of carbonyl (C=O) groups is 2. The van der Waals surface area contributed by atoms with E-state index in [4.69, 9.17) is 32.7 Å². The van der Waals surface area contributed by atoms with Crippen LogP contribution in [0, 0.1) is 6.92 Å². The number of aliphatic hydroxyl groups is 1. The molecule has 0 bridgehead atoms. The average molecular weight is 492 g/mol. The van der Waals surface area contributed by atoms with Crippen LogP contribution >= 0.6 is 23.2 Å². The van der Waals surface area contributed by atoms with Crippen molar-refractivity contribution in [2.24, 2.45) is 0 Å². The molecular formula is C25H27Cl2NO5. The van der Waals surface area contributed by atoms with Crippen molar-refractivity contribution in [3.63, 3.8) is 0 Å². The number of aryl methyl sites for hydroxylation is 1. The Bertz CT molecular complexity index is 1100. The lowest BCUT2D eigenvalue weighted by Crippen LogP contribution is -2.31. The first kappa shape index (κ1) is 25.1. The Labute approximate surface area is 203 Å². The minimum atomic E-state index is -0.774. The first-order chi connectivity index (χ1) is 15.7. The third kappa shape index (κ3) is 5.18. The van der Waals surface area contributed by atoms with Crippen LogP contribution in [0.4, 0.5) is 0 Å². The Morgan fingerprint density at radius 1 is 1.18 bits per heavy atom. The SMILES string of the molecule is COc1c(Cl)cc(Cl)cc1/C(O)=C1\C(=O)C(=O)N(CCCOC(C)C)C1c1ccccc1C. The summed E-state index contributed by atoms with van der Waals surface area (Å²) in [7, 11) is 1.40. The van der Waals surface area contributed by atoms with Gasteiger partial charge < -0.3 is 19.5 Å². The van der Waals surface area contributed by atoms with Crippen LogP contribution in [-0.2, 0) is 14.3 Å². The van der Waals surface area contributed by atoms with Gasteiger partial charge in [-0.1, -0.05) is 47.5 Å². The molecule has 1 saturated heterocycles. The summed E-state index contributed by atoms with van der Waals surface area (Å²) in [6.45, 7) is 6.50. The number of hydrogen-bond donors (Lipinski definition) is 1. The molecule has 1 amide bonds. The van der Waals surface area contributed by atoms with Crippen LogP contribution in [0.5, 0.6) is 5.75 Å². The third-order valence-electron chi connectivity index (χ3n) is 5.49. The number of likely N-dealkylation sites (tertiary alicyclic amines) is 1. The van der Waals surface area contributed by atoms with E-state index in [1.165, 1.54) is 24.1 Å². The molecule has 1 N–H and O–H groups in total. The molecule has 0 radical (unpaired) electrons. The zero-order chi connectivity index (χ0) is 24.3. The second kappa shape index (κ2) is 10.6. The lowest BCUT2D eigenvalue weighted by molar-refractivity contribution is -0.140. The number of carbonyl (C=O) groups excluding carboxylic acids is 2. The fraction of sp³-hybridized carbons (Fsp3) is 0.360. The standard InChI is InChI=1S/C25H27Cl2NO5/c1-14(2)33-11-7-10-28-21(17-9-6-5-8-15(17)3)20(23(30)25(28)31)22(29)18-12-16(26)13-19(27)24(18)32-4/h5-6,8-9,12-14,21,29H,7,10-11H2,1-4H3/b22-20+. The molecule has 1 aliphatic rings. The highest BCUT2D eigenvalue weighted by Crippen LogP contribution is 2.43. The van der Waals surface area contributed by atoms with Crippen LogP contribution in [0.3, 0.4) is 0 Å². The summed E-state index contributed by atoms with van der Waals surface area (Å²) in [5.41, 5.74) is 1.75. The molecule has 1 fully saturated rings. The van der Waals surface area contributed by atoms with E-state index in [0.717, 1.165) is 11.1 Å². The highest BCUT2D eigenvalue weighted by molar-refractivity contribution is 6.46. The summed E-state index contributed by atoms with van der Waals surface area (Å²) in [5, 5.41) is 11.8. The fourth-order valence-electron chi connectivity index (χ4n) is 3.97.